The SMILES string of the molecule is CC(C)(C)OC(=O)N1CC[C@H]2C[C@@H]1CN2c1ccc(Cl)nc1. The first-order valence-corrected chi connectivity index (χ1v) is 8.09. The topological polar surface area (TPSA) is 45.7 Å². The maximum Gasteiger partial charge on any atom is 0.410 e. The van der Waals surface area contributed by atoms with Crippen LogP contribution >= 0.6 is 11.6 Å². The third-order valence-corrected chi connectivity index (χ3v) is 4.43. The number of carbonyl (C=O) groups excluding carboxylic acids is 1. The quantitative estimate of drug-likeness (QED) is 0.744. The standard InChI is InChI=1S/C16H22ClN3O2/c1-16(2,3)22-15(21)19-7-6-11-8-13(19)10-20(11)12-4-5-14(17)18-9-12/h4-5,9,11,13H,6-8,10H2,1-3H3/t11-,13+/m0/s1. The number of fused-ring (bicyclic) bond motifs is 2. The highest BCUT2D eigenvalue weighted by atomic mass is 35.5. The molecular formula is C16H22ClN3O2. The van der Waals surface area contributed by atoms with E-state index in [4.69, 9.17) is 16.3 Å². The van der Waals surface area contributed by atoms with Crippen LogP contribution in [-0.4, -0.2) is 46.8 Å². The Labute approximate surface area is 136 Å². The van der Waals surface area contributed by atoms with Gasteiger partial charge in [-0.1, -0.05) is 11.6 Å². The van der Waals surface area contributed by atoms with E-state index in [1.54, 1.807) is 6.20 Å². The van der Waals surface area contributed by atoms with E-state index in [-0.39, 0.29) is 12.1 Å². The van der Waals surface area contributed by atoms with Gasteiger partial charge in [-0.05, 0) is 45.7 Å². The van der Waals surface area contributed by atoms with Crippen molar-refractivity contribution in [2.75, 3.05) is 18.0 Å². The van der Waals surface area contributed by atoms with Crippen LogP contribution < -0.4 is 4.90 Å². The number of carbonyl (C=O) groups is 1. The predicted molar refractivity (Wildman–Crippen MR) is 86.3 cm³/mol. The van der Waals surface area contributed by atoms with Gasteiger partial charge in [-0.25, -0.2) is 9.78 Å². The molecule has 1 aromatic rings. The normalized spacial score (nSPS) is 24.5. The van der Waals surface area contributed by atoms with Crippen molar-refractivity contribution >= 4 is 23.4 Å². The average molecular weight is 324 g/mol. The van der Waals surface area contributed by atoms with E-state index < -0.39 is 5.60 Å². The van der Waals surface area contributed by atoms with Gasteiger partial charge in [-0.3, -0.25) is 0 Å². The minimum atomic E-state index is -0.452. The van der Waals surface area contributed by atoms with Crippen LogP contribution in [0.25, 0.3) is 0 Å². The number of nitrogens with zero attached hydrogens (tertiary/aromatic N) is 3. The summed E-state index contributed by atoms with van der Waals surface area (Å²) in [5.74, 6) is 0. The number of piperidine rings is 1. The number of rotatable bonds is 1. The molecule has 0 aromatic carbocycles. The molecule has 1 amide bonds. The average Bonchev–Trinajstić information content (AvgIpc) is 2.75. The van der Waals surface area contributed by atoms with Gasteiger partial charge in [-0.2, -0.15) is 0 Å². The molecule has 2 aliphatic rings. The molecule has 0 radical (unpaired) electrons. The zero-order valence-corrected chi connectivity index (χ0v) is 14.0. The number of hydrogen-bond acceptors (Lipinski definition) is 4. The molecule has 2 saturated heterocycles. The number of likely N-dealkylation sites (tertiary alicyclic amines) is 1. The number of aromatic nitrogens is 1. The van der Waals surface area contributed by atoms with Gasteiger partial charge in [0.2, 0.25) is 0 Å². The third-order valence-electron chi connectivity index (χ3n) is 4.21. The maximum atomic E-state index is 12.3. The zero-order chi connectivity index (χ0) is 15.9. The first kappa shape index (κ1) is 15.4. The fraction of sp³-hybridized carbons (Fsp3) is 0.625. The predicted octanol–water partition coefficient (Wildman–Crippen LogP) is 3.32. The van der Waals surface area contributed by atoms with Crippen LogP contribution in [0.1, 0.15) is 33.6 Å². The molecule has 3 heterocycles. The first-order valence-electron chi connectivity index (χ1n) is 7.71. The van der Waals surface area contributed by atoms with Crippen LogP contribution in [0.3, 0.4) is 0 Å². The van der Waals surface area contributed by atoms with Crippen LogP contribution in [0, 0.1) is 0 Å². The first-order chi connectivity index (χ1) is 10.3. The van der Waals surface area contributed by atoms with Gasteiger partial charge < -0.3 is 14.5 Å². The van der Waals surface area contributed by atoms with Crippen LogP contribution in [0.15, 0.2) is 18.3 Å². The molecule has 2 fully saturated rings. The second kappa shape index (κ2) is 5.61. The summed E-state index contributed by atoms with van der Waals surface area (Å²) in [7, 11) is 0. The van der Waals surface area contributed by atoms with Crippen molar-refractivity contribution in [2.24, 2.45) is 0 Å². The van der Waals surface area contributed by atoms with Crippen LogP contribution in [0.5, 0.6) is 0 Å². The molecule has 2 bridgehead atoms. The van der Waals surface area contributed by atoms with E-state index in [1.807, 2.05) is 37.8 Å². The molecule has 0 saturated carbocycles. The molecule has 2 aliphatic heterocycles. The molecule has 1 aromatic heterocycles. The molecule has 0 spiro atoms. The molecule has 0 aliphatic carbocycles. The summed E-state index contributed by atoms with van der Waals surface area (Å²) in [5, 5.41) is 0.501. The summed E-state index contributed by atoms with van der Waals surface area (Å²) in [6.07, 6.45) is 3.55. The number of anilines is 1. The molecule has 120 valence electrons. The van der Waals surface area contributed by atoms with Gasteiger partial charge in [0.05, 0.1) is 17.9 Å². The Morgan fingerprint density at radius 1 is 1.36 bits per heavy atom. The Kier molecular flexibility index (Phi) is 3.93. The molecule has 22 heavy (non-hydrogen) atoms. The Morgan fingerprint density at radius 3 is 2.77 bits per heavy atom. The summed E-state index contributed by atoms with van der Waals surface area (Å²) in [6.45, 7) is 7.28. The zero-order valence-electron chi connectivity index (χ0n) is 13.3. The summed E-state index contributed by atoms with van der Waals surface area (Å²) in [4.78, 5) is 20.7. The van der Waals surface area contributed by atoms with Crippen molar-refractivity contribution < 1.29 is 9.53 Å². The summed E-state index contributed by atoms with van der Waals surface area (Å²) in [6, 6.07) is 4.48. The van der Waals surface area contributed by atoms with Crippen molar-refractivity contribution in [3.63, 3.8) is 0 Å². The van der Waals surface area contributed by atoms with Crippen molar-refractivity contribution in [1.29, 1.82) is 0 Å². The Hall–Kier alpha value is -1.49. The molecule has 3 rings (SSSR count). The lowest BCUT2D eigenvalue weighted by molar-refractivity contribution is 0.0142. The number of halogens is 1. The van der Waals surface area contributed by atoms with Crippen LogP contribution in [-0.2, 0) is 4.74 Å². The van der Waals surface area contributed by atoms with Crippen molar-refractivity contribution in [1.82, 2.24) is 9.88 Å². The van der Waals surface area contributed by atoms with E-state index in [1.165, 1.54) is 0 Å². The van der Waals surface area contributed by atoms with Gasteiger partial charge in [0.1, 0.15) is 10.8 Å². The third kappa shape index (κ3) is 3.14. The lowest BCUT2D eigenvalue weighted by Crippen LogP contribution is -2.46. The second-order valence-electron chi connectivity index (χ2n) is 7.00. The molecule has 0 N–H and O–H groups in total. The minimum absolute atomic E-state index is 0.202. The molecule has 0 unspecified atom stereocenters. The highest BCUT2D eigenvalue weighted by molar-refractivity contribution is 6.29. The largest absolute Gasteiger partial charge is 0.444 e. The van der Waals surface area contributed by atoms with Crippen LogP contribution in [0.2, 0.25) is 5.15 Å². The summed E-state index contributed by atoms with van der Waals surface area (Å²) in [5.41, 5.74) is 0.620. The van der Waals surface area contributed by atoms with E-state index >= 15 is 0 Å². The van der Waals surface area contributed by atoms with E-state index in [9.17, 15) is 4.79 Å². The van der Waals surface area contributed by atoms with E-state index in [0.717, 1.165) is 31.6 Å². The number of hydrogen-bond donors (Lipinski definition) is 0. The van der Waals surface area contributed by atoms with Crippen molar-refractivity contribution in [3.8, 4) is 0 Å². The maximum absolute atomic E-state index is 12.3. The molecule has 5 nitrogen and oxygen atoms in total. The van der Waals surface area contributed by atoms with Gasteiger partial charge in [0, 0.05) is 19.1 Å². The minimum Gasteiger partial charge on any atom is -0.444 e. The van der Waals surface area contributed by atoms with Gasteiger partial charge in [0.15, 0.2) is 0 Å². The fourth-order valence-corrected chi connectivity index (χ4v) is 3.39. The highest BCUT2D eigenvalue weighted by Crippen LogP contribution is 2.34. The van der Waals surface area contributed by atoms with E-state index in [0.29, 0.717) is 11.2 Å². The molecular weight excluding hydrogens is 302 g/mol. The van der Waals surface area contributed by atoms with Gasteiger partial charge in [-0.15, -0.1) is 0 Å². The summed E-state index contributed by atoms with van der Waals surface area (Å²) < 4.78 is 5.52. The number of pyridine rings is 1. The smallest absolute Gasteiger partial charge is 0.410 e. The Balaban J connectivity index is 1.71. The molecule has 2 atom stereocenters. The van der Waals surface area contributed by atoms with Gasteiger partial charge >= 0.3 is 6.09 Å². The van der Waals surface area contributed by atoms with Crippen molar-refractivity contribution in [3.05, 3.63) is 23.5 Å². The van der Waals surface area contributed by atoms with E-state index in [2.05, 4.69) is 9.88 Å². The monoisotopic (exact) mass is 323 g/mol. The second-order valence-corrected chi connectivity index (χ2v) is 7.38. The van der Waals surface area contributed by atoms with Gasteiger partial charge in [0.25, 0.3) is 0 Å². The Bertz CT molecular complexity index is 556. The number of ether oxygens (including phenoxy) is 1. The Morgan fingerprint density at radius 2 is 2.14 bits per heavy atom. The highest BCUT2D eigenvalue weighted by Gasteiger charge is 2.42. The summed E-state index contributed by atoms with van der Waals surface area (Å²) >= 11 is 5.86. The fourth-order valence-electron chi connectivity index (χ4n) is 3.28. The molecule has 6 heteroatoms. The lowest BCUT2D eigenvalue weighted by Gasteiger charge is -2.34. The van der Waals surface area contributed by atoms with Crippen LogP contribution in [0.4, 0.5) is 10.5 Å². The van der Waals surface area contributed by atoms with Crippen molar-refractivity contribution in [2.45, 2.75) is 51.3 Å². The lowest BCUT2D eigenvalue weighted by atomic mass is 10.0. The number of amides is 1.